The van der Waals surface area contributed by atoms with Crippen molar-refractivity contribution in [2.45, 2.75) is 26.4 Å². The van der Waals surface area contributed by atoms with E-state index in [9.17, 15) is 18.0 Å². The van der Waals surface area contributed by atoms with Gasteiger partial charge in [-0.1, -0.05) is 26.1 Å². The van der Waals surface area contributed by atoms with Crippen LogP contribution >= 0.6 is 12.2 Å². The van der Waals surface area contributed by atoms with Gasteiger partial charge in [-0.05, 0) is 5.92 Å². The highest BCUT2D eigenvalue weighted by atomic mass is 32.1. The Balaban J connectivity index is 4.52. The predicted octanol–water partition coefficient (Wildman–Crippen LogP) is 1.96. The molecule has 0 aliphatic heterocycles. The van der Waals surface area contributed by atoms with Crippen LogP contribution in [0.15, 0.2) is 0 Å². The number of alkyl halides is 3. The first-order valence-electron chi connectivity index (χ1n) is 5.17. The van der Waals surface area contributed by atoms with Crippen molar-refractivity contribution in [1.29, 1.82) is 0 Å². The maximum absolute atomic E-state index is 12.0. The Morgan fingerprint density at radius 2 is 1.88 bits per heavy atom. The Bertz CT molecular complexity index is 292. The Morgan fingerprint density at radius 1 is 1.41 bits per heavy atom. The molecule has 0 aromatic heterocycles. The third-order valence-corrected chi connectivity index (χ3v) is 2.60. The second kappa shape index (κ2) is 6.18. The molecular weight excluding hydrogens is 253 g/mol. The van der Waals surface area contributed by atoms with E-state index in [0.29, 0.717) is 0 Å². The summed E-state index contributed by atoms with van der Waals surface area (Å²) >= 11 is 4.75. The van der Waals surface area contributed by atoms with Gasteiger partial charge in [-0.15, -0.1) is 0 Å². The highest BCUT2D eigenvalue weighted by molar-refractivity contribution is 7.80. The number of hydrogen-bond donors (Lipinski definition) is 1. The molecule has 0 spiro atoms. The minimum absolute atomic E-state index is 0.0175. The van der Waals surface area contributed by atoms with Crippen molar-refractivity contribution in [3.63, 3.8) is 0 Å². The van der Waals surface area contributed by atoms with E-state index >= 15 is 0 Å². The molecule has 0 aromatic rings. The van der Waals surface area contributed by atoms with Crippen LogP contribution in [0, 0.1) is 11.8 Å². The molecule has 0 heterocycles. The van der Waals surface area contributed by atoms with Gasteiger partial charge < -0.3 is 10.6 Å². The summed E-state index contributed by atoms with van der Waals surface area (Å²) in [7, 11) is 1.32. The van der Waals surface area contributed by atoms with Crippen LogP contribution in [0.4, 0.5) is 13.2 Å². The molecular formula is C10H17F3N2OS. The fourth-order valence-electron chi connectivity index (χ4n) is 1.38. The summed E-state index contributed by atoms with van der Waals surface area (Å²) in [6.45, 7) is 3.12. The molecule has 2 N–H and O–H groups in total. The standard InChI is InChI=1S/C10H17F3N2OS/c1-6(2)7(8(14)17)9(16)15(3)5-4-10(11,12)13/h6-7H,4-5H2,1-3H3,(H2,14,17). The molecule has 1 amide bonds. The fraction of sp³-hybridized carbons (Fsp3) is 0.800. The first-order valence-corrected chi connectivity index (χ1v) is 5.58. The van der Waals surface area contributed by atoms with Gasteiger partial charge >= 0.3 is 6.18 Å². The van der Waals surface area contributed by atoms with Crippen LogP contribution < -0.4 is 5.73 Å². The molecule has 3 nitrogen and oxygen atoms in total. The smallest absolute Gasteiger partial charge is 0.390 e. The molecule has 0 saturated heterocycles. The average molecular weight is 270 g/mol. The number of rotatable bonds is 5. The second-order valence-electron chi connectivity index (χ2n) is 4.25. The Hall–Kier alpha value is -0.850. The van der Waals surface area contributed by atoms with E-state index in [1.54, 1.807) is 13.8 Å². The van der Waals surface area contributed by atoms with Gasteiger partial charge in [0.1, 0.15) is 0 Å². The van der Waals surface area contributed by atoms with E-state index in [2.05, 4.69) is 0 Å². The molecule has 0 aliphatic carbocycles. The monoisotopic (exact) mass is 270 g/mol. The summed E-state index contributed by atoms with van der Waals surface area (Å²) in [5.41, 5.74) is 5.42. The highest BCUT2D eigenvalue weighted by Crippen LogP contribution is 2.21. The number of amides is 1. The maximum Gasteiger partial charge on any atom is 0.390 e. The van der Waals surface area contributed by atoms with E-state index < -0.39 is 24.4 Å². The number of thiocarbonyl (C=S) groups is 1. The average Bonchev–Trinajstić information content (AvgIpc) is 2.11. The Kier molecular flexibility index (Phi) is 5.87. The molecule has 0 rings (SSSR count). The summed E-state index contributed by atoms with van der Waals surface area (Å²) in [5.74, 6) is -1.30. The number of hydrogen-bond acceptors (Lipinski definition) is 2. The zero-order valence-electron chi connectivity index (χ0n) is 10.0. The quantitative estimate of drug-likeness (QED) is 0.777. The molecule has 1 atom stereocenters. The third-order valence-electron chi connectivity index (χ3n) is 2.35. The largest absolute Gasteiger partial charge is 0.393 e. The number of carbonyl (C=O) groups excluding carboxylic acids is 1. The molecule has 0 fully saturated rings. The fourth-order valence-corrected chi connectivity index (χ4v) is 1.75. The lowest BCUT2D eigenvalue weighted by Gasteiger charge is -2.25. The van der Waals surface area contributed by atoms with Crippen LogP contribution in [0.25, 0.3) is 0 Å². The number of nitrogens with two attached hydrogens (primary N) is 1. The van der Waals surface area contributed by atoms with Crippen molar-refractivity contribution in [2.24, 2.45) is 17.6 Å². The molecule has 0 aliphatic rings. The van der Waals surface area contributed by atoms with Crippen molar-refractivity contribution in [3.8, 4) is 0 Å². The molecule has 0 radical (unpaired) electrons. The van der Waals surface area contributed by atoms with Crippen LogP contribution in [0.1, 0.15) is 20.3 Å². The minimum atomic E-state index is -4.27. The number of nitrogens with zero attached hydrogens (tertiary/aromatic N) is 1. The molecule has 17 heavy (non-hydrogen) atoms. The maximum atomic E-state index is 12.0. The summed E-state index contributed by atoms with van der Waals surface area (Å²) in [6, 6.07) is 0. The third kappa shape index (κ3) is 5.86. The van der Waals surface area contributed by atoms with Gasteiger partial charge in [0.15, 0.2) is 0 Å². The molecule has 1 unspecified atom stereocenters. The van der Waals surface area contributed by atoms with Crippen molar-refractivity contribution in [2.75, 3.05) is 13.6 Å². The highest BCUT2D eigenvalue weighted by Gasteiger charge is 2.31. The van der Waals surface area contributed by atoms with E-state index in [1.807, 2.05) is 0 Å². The molecule has 7 heteroatoms. The van der Waals surface area contributed by atoms with Gasteiger partial charge in [-0.25, -0.2) is 0 Å². The summed E-state index contributed by atoms with van der Waals surface area (Å²) < 4.78 is 36.0. The summed E-state index contributed by atoms with van der Waals surface area (Å²) in [6.07, 6.45) is -5.30. The Labute approximate surface area is 104 Å². The lowest BCUT2D eigenvalue weighted by molar-refractivity contribution is -0.145. The molecule has 0 bridgehead atoms. The van der Waals surface area contributed by atoms with Crippen LogP contribution in [0.3, 0.4) is 0 Å². The van der Waals surface area contributed by atoms with E-state index in [4.69, 9.17) is 18.0 Å². The lowest BCUT2D eigenvalue weighted by Crippen LogP contribution is -2.42. The topological polar surface area (TPSA) is 46.3 Å². The van der Waals surface area contributed by atoms with Crippen LogP contribution in [0.2, 0.25) is 0 Å². The summed E-state index contributed by atoms with van der Waals surface area (Å²) in [5, 5.41) is 0. The van der Waals surface area contributed by atoms with Gasteiger partial charge in [0.2, 0.25) is 5.91 Å². The van der Waals surface area contributed by atoms with Gasteiger partial charge in [0, 0.05) is 13.6 Å². The first kappa shape index (κ1) is 16.1. The predicted molar refractivity (Wildman–Crippen MR) is 63.4 cm³/mol. The zero-order valence-corrected chi connectivity index (χ0v) is 10.9. The van der Waals surface area contributed by atoms with Gasteiger partial charge in [-0.2, -0.15) is 13.2 Å². The number of carbonyl (C=O) groups is 1. The molecule has 0 aromatic carbocycles. The summed E-state index contributed by atoms with van der Waals surface area (Å²) in [4.78, 5) is 12.9. The van der Waals surface area contributed by atoms with Crippen LogP contribution in [0.5, 0.6) is 0 Å². The number of halogens is 3. The van der Waals surface area contributed by atoms with Gasteiger partial charge in [0.05, 0.1) is 17.3 Å². The van der Waals surface area contributed by atoms with E-state index in [1.165, 1.54) is 7.05 Å². The van der Waals surface area contributed by atoms with Crippen LogP contribution in [-0.4, -0.2) is 35.6 Å². The zero-order chi connectivity index (χ0) is 13.8. The SMILES string of the molecule is CC(C)C(C(=O)N(C)CCC(F)(F)F)C(N)=S. The Morgan fingerprint density at radius 3 is 2.18 bits per heavy atom. The normalized spacial score (nSPS) is 13.6. The lowest BCUT2D eigenvalue weighted by atomic mass is 9.94. The van der Waals surface area contributed by atoms with Crippen molar-refractivity contribution in [3.05, 3.63) is 0 Å². The van der Waals surface area contributed by atoms with E-state index in [0.717, 1.165) is 4.90 Å². The molecule has 100 valence electrons. The van der Waals surface area contributed by atoms with Crippen LogP contribution in [-0.2, 0) is 4.79 Å². The second-order valence-corrected chi connectivity index (χ2v) is 4.72. The van der Waals surface area contributed by atoms with Crippen molar-refractivity contribution >= 4 is 23.1 Å². The van der Waals surface area contributed by atoms with Crippen molar-refractivity contribution in [1.82, 2.24) is 4.90 Å². The van der Waals surface area contributed by atoms with Crippen molar-refractivity contribution < 1.29 is 18.0 Å². The first-order chi connectivity index (χ1) is 7.56. The molecule has 0 saturated carbocycles. The minimum Gasteiger partial charge on any atom is -0.393 e. The van der Waals surface area contributed by atoms with Gasteiger partial charge in [0.25, 0.3) is 0 Å². The van der Waals surface area contributed by atoms with E-state index in [-0.39, 0.29) is 17.5 Å². The van der Waals surface area contributed by atoms with Gasteiger partial charge in [-0.3, -0.25) is 4.79 Å².